The predicted octanol–water partition coefficient (Wildman–Crippen LogP) is 0.982. The summed E-state index contributed by atoms with van der Waals surface area (Å²) in [5.41, 5.74) is 0. The van der Waals surface area contributed by atoms with Gasteiger partial charge < -0.3 is 9.84 Å². The molecule has 0 aromatic heterocycles. The number of hydrogen-bond donors (Lipinski definition) is 1. The van der Waals surface area contributed by atoms with E-state index in [1.807, 2.05) is 6.92 Å². The molecular formula is C7H12O3S. The van der Waals surface area contributed by atoms with Gasteiger partial charge in [-0.25, -0.2) is 0 Å². The number of carboxylic acid groups (broad SMARTS) is 1. The molecule has 0 saturated carbocycles. The maximum absolute atomic E-state index is 10.6. The molecule has 1 N–H and O–H groups in total. The minimum absolute atomic E-state index is 0.0671. The first-order valence-corrected chi connectivity index (χ1v) is 4.76. The van der Waals surface area contributed by atoms with Crippen molar-refractivity contribution < 1.29 is 14.6 Å². The van der Waals surface area contributed by atoms with E-state index in [4.69, 9.17) is 9.84 Å². The molecule has 1 heterocycles. The van der Waals surface area contributed by atoms with Gasteiger partial charge in [-0.3, -0.25) is 4.79 Å². The molecule has 1 saturated heterocycles. The first-order chi connectivity index (χ1) is 5.25. The summed E-state index contributed by atoms with van der Waals surface area (Å²) in [4.78, 5) is 10.6. The van der Waals surface area contributed by atoms with Crippen LogP contribution >= 0.6 is 11.8 Å². The summed E-state index contributed by atoms with van der Waals surface area (Å²) in [6, 6.07) is 0. The highest BCUT2D eigenvalue weighted by Crippen LogP contribution is 2.29. The zero-order chi connectivity index (χ0) is 8.27. The first kappa shape index (κ1) is 8.87. The Balaban J connectivity index is 2.44. The number of thioether (sulfide) groups is 1. The van der Waals surface area contributed by atoms with Crippen LogP contribution in [0.2, 0.25) is 0 Å². The maximum Gasteiger partial charge on any atom is 0.319 e. The summed E-state index contributed by atoms with van der Waals surface area (Å²) in [6.45, 7) is 2.50. The van der Waals surface area contributed by atoms with Gasteiger partial charge in [0.2, 0.25) is 0 Å². The van der Waals surface area contributed by atoms with Gasteiger partial charge in [-0.1, -0.05) is 0 Å². The molecule has 2 atom stereocenters. The van der Waals surface area contributed by atoms with E-state index in [0.29, 0.717) is 6.61 Å². The third-order valence-corrected chi connectivity index (χ3v) is 3.00. The lowest BCUT2D eigenvalue weighted by Crippen LogP contribution is -2.28. The molecule has 0 aliphatic carbocycles. The van der Waals surface area contributed by atoms with Gasteiger partial charge in [-0.2, -0.15) is 0 Å². The van der Waals surface area contributed by atoms with Crippen LogP contribution in [0, 0.1) is 0 Å². The molecule has 0 bridgehead atoms. The molecule has 3 nitrogen and oxygen atoms in total. The second-order valence-corrected chi connectivity index (χ2v) is 3.66. The fraction of sp³-hybridized carbons (Fsp3) is 0.857. The Morgan fingerprint density at radius 2 is 2.55 bits per heavy atom. The van der Waals surface area contributed by atoms with Crippen LogP contribution in [0.4, 0.5) is 0 Å². The number of carboxylic acids is 1. The van der Waals surface area contributed by atoms with Gasteiger partial charge in [0.15, 0.2) is 0 Å². The Labute approximate surface area is 70.1 Å². The molecule has 2 unspecified atom stereocenters. The number of ether oxygens (including phenoxy) is 1. The summed E-state index contributed by atoms with van der Waals surface area (Å²) in [5, 5.41) is 8.37. The fourth-order valence-corrected chi connectivity index (χ4v) is 2.38. The van der Waals surface area contributed by atoms with Crippen LogP contribution in [0.5, 0.6) is 0 Å². The quantitative estimate of drug-likeness (QED) is 0.696. The third-order valence-electron chi connectivity index (χ3n) is 1.66. The molecule has 0 aromatic rings. The van der Waals surface area contributed by atoms with E-state index in [2.05, 4.69) is 0 Å². The van der Waals surface area contributed by atoms with Crippen molar-refractivity contribution in [3.05, 3.63) is 0 Å². The van der Waals surface area contributed by atoms with Crippen LogP contribution in [0.15, 0.2) is 0 Å². The van der Waals surface area contributed by atoms with Gasteiger partial charge in [0, 0.05) is 6.61 Å². The van der Waals surface area contributed by atoms with Crippen LogP contribution in [-0.2, 0) is 9.53 Å². The van der Waals surface area contributed by atoms with E-state index < -0.39 is 5.97 Å². The lowest BCUT2D eigenvalue weighted by molar-refractivity contribution is -0.138. The number of rotatable bonds is 3. The molecule has 0 radical (unpaired) electrons. The standard InChI is InChI=1S/C7H12O3S/c1-2-10-5-3-4-11-6(5)7(8)9/h5-6H,2-4H2,1H3,(H,8,9). The molecular weight excluding hydrogens is 164 g/mol. The highest BCUT2D eigenvalue weighted by atomic mass is 32.2. The Morgan fingerprint density at radius 1 is 1.82 bits per heavy atom. The van der Waals surface area contributed by atoms with Crippen LogP contribution in [0.1, 0.15) is 13.3 Å². The molecule has 0 amide bonds. The van der Waals surface area contributed by atoms with Crippen molar-refractivity contribution in [1.82, 2.24) is 0 Å². The van der Waals surface area contributed by atoms with Crippen LogP contribution in [-0.4, -0.2) is 34.8 Å². The van der Waals surface area contributed by atoms with Gasteiger partial charge in [0.05, 0.1) is 6.10 Å². The van der Waals surface area contributed by atoms with Gasteiger partial charge in [-0.05, 0) is 19.1 Å². The smallest absolute Gasteiger partial charge is 0.319 e. The van der Waals surface area contributed by atoms with Gasteiger partial charge in [0.1, 0.15) is 5.25 Å². The van der Waals surface area contributed by atoms with Gasteiger partial charge >= 0.3 is 5.97 Å². The maximum atomic E-state index is 10.6. The SMILES string of the molecule is CCOC1CCSC1C(=O)O. The number of aliphatic carboxylic acids is 1. The van der Waals surface area contributed by atoms with Gasteiger partial charge in [-0.15, -0.1) is 11.8 Å². The molecule has 1 aliphatic rings. The van der Waals surface area contributed by atoms with E-state index in [-0.39, 0.29) is 11.4 Å². The topological polar surface area (TPSA) is 46.5 Å². The van der Waals surface area contributed by atoms with E-state index in [1.165, 1.54) is 11.8 Å². The fourth-order valence-electron chi connectivity index (χ4n) is 1.18. The summed E-state index contributed by atoms with van der Waals surface area (Å²) in [7, 11) is 0. The third kappa shape index (κ3) is 2.10. The van der Waals surface area contributed by atoms with E-state index in [0.717, 1.165) is 12.2 Å². The molecule has 4 heteroatoms. The normalized spacial score (nSPS) is 30.6. The van der Waals surface area contributed by atoms with Crippen molar-refractivity contribution in [3.63, 3.8) is 0 Å². The van der Waals surface area contributed by atoms with Crippen LogP contribution < -0.4 is 0 Å². The molecule has 11 heavy (non-hydrogen) atoms. The second-order valence-electron chi connectivity index (χ2n) is 2.41. The lowest BCUT2D eigenvalue weighted by Gasteiger charge is -2.13. The highest BCUT2D eigenvalue weighted by molar-refractivity contribution is 8.00. The minimum atomic E-state index is -0.744. The predicted molar refractivity (Wildman–Crippen MR) is 43.9 cm³/mol. The second kappa shape index (κ2) is 3.97. The molecule has 1 rings (SSSR count). The Bertz CT molecular complexity index is 149. The first-order valence-electron chi connectivity index (χ1n) is 3.71. The molecule has 0 spiro atoms. The van der Waals surface area contributed by atoms with Crippen LogP contribution in [0.25, 0.3) is 0 Å². The summed E-state index contributed by atoms with van der Waals surface area (Å²) in [6.07, 6.45) is 0.803. The highest BCUT2D eigenvalue weighted by Gasteiger charge is 2.33. The average molecular weight is 176 g/mol. The van der Waals surface area contributed by atoms with E-state index in [9.17, 15) is 4.79 Å². The lowest BCUT2D eigenvalue weighted by atomic mass is 10.2. The number of hydrogen-bond acceptors (Lipinski definition) is 3. The molecule has 0 aromatic carbocycles. The van der Waals surface area contributed by atoms with Crippen LogP contribution in [0.3, 0.4) is 0 Å². The zero-order valence-corrected chi connectivity index (χ0v) is 7.26. The summed E-state index contributed by atoms with van der Waals surface area (Å²) < 4.78 is 5.28. The Hall–Kier alpha value is -0.220. The average Bonchev–Trinajstić information content (AvgIpc) is 2.36. The molecule has 1 fully saturated rings. The Kier molecular flexibility index (Phi) is 3.20. The number of carbonyl (C=O) groups is 1. The van der Waals surface area contributed by atoms with Crippen molar-refractivity contribution in [2.75, 3.05) is 12.4 Å². The molecule has 64 valence electrons. The van der Waals surface area contributed by atoms with Gasteiger partial charge in [0.25, 0.3) is 0 Å². The minimum Gasteiger partial charge on any atom is -0.480 e. The van der Waals surface area contributed by atoms with Crippen molar-refractivity contribution in [1.29, 1.82) is 0 Å². The van der Waals surface area contributed by atoms with E-state index in [1.54, 1.807) is 0 Å². The monoisotopic (exact) mass is 176 g/mol. The summed E-state index contributed by atoms with van der Waals surface area (Å²) >= 11 is 1.47. The van der Waals surface area contributed by atoms with Crippen molar-refractivity contribution in [3.8, 4) is 0 Å². The zero-order valence-electron chi connectivity index (χ0n) is 6.45. The Morgan fingerprint density at radius 3 is 3.09 bits per heavy atom. The van der Waals surface area contributed by atoms with E-state index >= 15 is 0 Å². The largest absolute Gasteiger partial charge is 0.480 e. The van der Waals surface area contributed by atoms with Crippen molar-refractivity contribution in [2.24, 2.45) is 0 Å². The van der Waals surface area contributed by atoms with Crippen molar-refractivity contribution >= 4 is 17.7 Å². The summed E-state index contributed by atoms with van der Waals surface area (Å²) in [5.74, 6) is 0.160. The van der Waals surface area contributed by atoms with Crippen molar-refractivity contribution in [2.45, 2.75) is 24.7 Å². The molecule has 1 aliphatic heterocycles.